The number of rotatable bonds is 6. The summed E-state index contributed by atoms with van der Waals surface area (Å²) in [6.45, 7) is 0. The minimum absolute atomic E-state index is 0.144. The monoisotopic (exact) mass is 388 g/mol. The molecule has 2 N–H and O–H groups in total. The van der Waals surface area contributed by atoms with Gasteiger partial charge in [0.15, 0.2) is 0 Å². The van der Waals surface area contributed by atoms with Gasteiger partial charge in [-0.1, -0.05) is 11.3 Å². The molecule has 0 saturated carbocycles. The van der Waals surface area contributed by atoms with Gasteiger partial charge in [0.05, 0.1) is 0 Å². The van der Waals surface area contributed by atoms with Gasteiger partial charge in [-0.05, 0) is 48.5 Å². The third kappa shape index (κ3) is 5.38. The quantitative estimate of drug-likeness (QED) is 0.675. The number of carbonyl (C=O) groups excluding carboxylic acids is 2. The molecule has 138 valence electrons. The molecule has 0 fully saturated rings. The SMILES string of the molecule is O=C(CCc1nnc(C(=O)Nc2ccc(F)cc2)s1)Nc1ccc(F)cc1. The normalized spacial score (nSPS) is 10.4. The van der Waals surface area contributed by atoms with Crippen LogP contribution in [0.1, 0.15) is 21.2 Å². The lowest BCUT2D eigenvalue weighted by molar-refractivity contribution is -0.116. The van der Waals surface area contributed by atoms with E-state index in [4.69, 9.17) is 0 Å². The summed E-state index contributed by atoms with van der Waals surface area (Å²) >= 11 is 1.08. The summed E-state index contributed by atoms with van der Waals surface area (Å²) in [4.78, 5) is 24.0. The zero-order chi connectivity index (χ0) is 19.2. The maximum atomic E-state index is 12.9. The number of carbonyl (C=O) groups is 2. The van der Waals surface area contributed by atoms with Gasteiger partial charge in [-0.15, -0.1) is 10.2 Å². The molecule has 1 heterocycles. The minimum Gasteiger partial charge on any atom is -0.326 e. The second-order valence-electron chi connectivity index (χ2n) is 5.52. The van der Waals surface area contributed by atoms with E-state index in [-0.39, 0.29) is 23.2 Å². The third-order valence-corrected chi connectivity index (χ3v) is 4.44. The van der Waals surface area contributed by atoms with Crippen molar-refractivity contribution >= 4 is 34.5 Å². The van der Waals surface area contributed by atoms with Crippen molar-refractivity contribution in [2.45, 2.75) is 12.8 Å². The topological polar surface area (TPSA) is 84.0 Å². The second-order valence-corrected chi connectivity index (χ2v) is 6.58. The number of hydrogen-bond donors (Lipinski definition) is 2. The van der Waals surface area contributed by atoms with Crippen LogP contribution in [0.3, 0.4) is 0 Å². The van der Waals surface area contributed by atoms with Crippen LogP contribution >= 0.6 is 11.3 Å². The average Bonchev–Trinajstić information content (AvgIpc) is 3.13. The molecule has 2 amide bonds. The molecular weight excluding hydrogens is 374 g/mol. The second kappa shape index (κ2) is 8.45. The van der Waals surface area contributed by atoms with Crippen LogP contribution in [0.15, 0.2) is 48.5 Å². The van der Waals surface area contributed by atoms with Crippen molar-refractivity contribution in [3.63, 3.8) is 0 Å². The zero-order valence-electron chi connectivity index (χ0n) is 13.9. The minimum atomic E-state index is -0.457. The molecule has 3 aromatic rings. The molecule has 0 spiro atoms. The number of benzene rings is 2. The van der Waals surface area contributed by atoms with Crippen LogP contribution < -0.4 is 10.6 Å². The van der Waals surface area contributed by atoms with Gasteiger partial charge < -0.3 is 10.6 Å². The Hall–Kier alpha value is -3.20. The number of anilines is 2. The van der Waals surface area contributed by atoms with E-state index in [2.05, 4.69) is 20.8 Å². The first kappa shape index (κ1) is 18.6. The molecule has 9 heteroatoms. The first-order chi connectivity index (χ1) is 13.0. The highest BCUT2D eigenvalue weighted by molar-refractivity contribution is 7.13. The summed E-state index contributed by atoms with van der Waals surface area (Å²) in [7, 11) is 0. The zero-order valence-corrected chi connectivity index (χ0v) is 14.7. The lowest BCUT2D eigenvalue weighted by atomic mass is 10.2. The Balaban J connectivity index is 1.51. The lowest BCUT2D eigenvalue weighted by Gasteiger charge is -2.03. The Morgan fingerprint density at radius 2 is 1.41 bits per heavy atom. The predicted octanol–water partition coefficient (Wildman–Crippen LogP) is 3.64. The number of nitrogens with zero attached hydrogens (tertiary/aromatic N) is 2. The summed E-state index contributed by atoms with van der Waals surface area (Å²) in [6.07, 6.45) is 0.458. The van der Waals surface area contributed by atoms with Crippen molar-refractivity contribution in [2.24, 2.45) is 0 Å². The third-order valence-electron chi connectivity index (χ3n) is 3.46. The lowest BCUT2D eigenvalue weighted by Crippen LogP contribution is -2.12. The summed E-state index contributed by atoms with van der Waals surface area (Å²) in [5, 5.41) is 13.6. The number of hydrogen-bond acceptors (Lipinski definition) is 5. The standard InChI is InChI=1S/C18H14F2N4O2S/c19-11-1-5-13(6-2-11)21-15(25)9-10-16-23-24-18(27-16)17(26)22-14-7-3-12(20)4-8-14/h1-8H,9-10H2,(H,21,25)(H,22,26). The predicted molar refractivity (Wildman–Crippen MR) is 97.6 cm³/mol. The van der Waals surface area contributed by atoms with E-state index in [1.807, 2.05) is 0 Å². The highest BCUT2D eigenvalue weighted by Crippen LogP contribution is 2.16. The summed E-state index contributed by atoms with van der Waals surface area (Å²) < 4.78 is 25.7. The summed E-state index contributed by atoms with van der Waals surface area (Å²) in [5.41, 5.74) is 0.940. The largest absolute Gasteiger partial charge is 0.326 e. The molecule has 0 bridgehead atoms. The Bertz CT molecular complexity index is 943. The molecule has 0 aliphatic rings. The number of aryl methyl sites for hydroxylation is 1. The highest BCUT2D eigenvalue weighted by atomic mass is 32.1. The van der Waals surface area contributed by atoms with Crippen LogP contribution in [0.25, 0.3) is 0 Å². The van der Waals surface area contributed by atoms with Crippen LogP contribution in [0, 0.1) is 11.6 Å². The summed E-state index contributed by atoms with van der Waals surface area (Å²) in [5.74, 6) is -1.49. The molecule has 0 saturated heterocycles. The Kier molecular flexibility index (Phi) is 5.82. The Morgan fingerprint density at radius 1 is 0.852 bits per heavy atom. The fourth-order valence-corrected chi connectivity index (χ4v) is 2.88. The van der Waals surface area contributed by atoms with Crippen molar-refractivity contribution in [3.8, 4) is 0 Å². The molecule has 0 aliphatic carbocycles. The number of aromatic nitrogens is 2. The van der Waals surface area contributed by atoms with Crippen LogP contribution in [-0.2, 0) is 11.2 Å². The van der Waals surface area contributed by atoms with Gasteiger partial charge in [0.2, 0.25) is 10.9 Å². The van der Waals surface area contributed by atoms with Crippen molar-refractivity contribution < 1.29 is 18.4 Å². The van der Waals surface area contributed by atoms with Crippen LogP contribution in [0.2, 0.25) is 0 Å². The van der Waals surface area contributed by atoms with Crippen molar-refractivity contribution in [1.82, 2.24) is 10.2 Å². The Morgan fingerprint density at radius 3 is 2.00 bits per heavy atom. The van der Waals surface area contributed by atoms with Gasteiger partial charge >= 0.3 is 0 Å². The number of halogens is 2. The van der Waals surface area contributed by atoms with Gasteiger partial charge in [-0.2, -0.15) is 0 Å². The molecule has 0 aliphatic heterocycles. The molecule has 3 rings (SSSR count). The molecule has 0 unspecified atom stereocenters. The van der Waals surface area contributed by atoms with E-state index in [0.29, 0.717) is 22.8 Å². The van der Waals surface area contributed by atoms with Gasteiger partial charge in [0, 0.05) is 24.2 Å². The molecule has 0 atom stereocenters. The maximum absolute atomic E-state index is 12.9. The Labute approximate surface area is 157 Å². The molecule has 6 nitrogen and oxygen atoms in total. The molecule has 27 heavy (non-hydrogen) atoms. The number of amides is 2. The highest BCUT2D eigenvalue weighted by Gasteiger charge is 2.14. The van der Waals surface area contributed by atoms with Gasteiger partial charge in [-0.25, -0.2) is 8.78 Å². The fraction of sp³-hybridized carbons (Fsp3) is 0.111. The molecular formula is C18H14F2N4O2S. The first-order valence-electron chi connectivity index (χ1n) is 7.94. The van der Waals surface area contributed by atoms with Crippen molar-refractivity contribution in [2.75, 3.05) is 10.6 Å². The maximum Gasteiger partial charge on any atom is 0.286 e. The van der Waals surface area contributed by atoms with E-state index < -0.39 is 11.7 Å². The molecule has 2 aromatic carbocycles. The van der Waals surface area contributed by atoms with Crippen LogP contribution in [0.4, 0.5) is 20.2 Å². The van der Waals surface area contributed by atoms with Gasteiger partial charge in [0.25, 0.3) is 5.91 Å². The molecule has 0 radical (unpaired) electrons. The first-order valence-corrected chi connectivity index (χ1v) is 8.76. The van der Waals surface area contributed by atoms with E-state index in [0.717, 1.165) is 11.3 Å². The van der Waals surface area contributed by atoms with E-state index >= 15 is 0 Å². The number of nitrogens with one attached hydrogen (secondary N) is 2. The molecule has 1 aromatic heterocycles. The van der Waals surface area contributed by atoms with Gasteiger partial charge in [0.1, 0.15) is 16.6 Å². The van der Waals surface area contributed by atoms with Crippen LogP contribution in [-0.4, -0.2) is 22.0 Å². The van der Waals surface area contributed by atoms with E-state index in [1.54, 1.807) is 0 Å². The van der Waals surface area contributed by atoms with E-state index in [1.165, 1.54) is 48.5 Å². The van der Waals surface area contributed by atoms with Crippen molar-refractivity contribution in [3.05, 3.63) is 70.2 Å². The van der Waals surface area contributed by atoms with Crippen molar-refractivity contribution in [1.29, 1.82) is 0 Å². The van der Waals surface area contributed by atoms with Crippen LogP contribution in [0.5, 0.6) is 0 Å². The fourth-order valence-electron chi connectivity index (χ4n) is 2.14. The average molecular weight is 388 g/mol. The van der Waals surface area contributed by atoms with E-state index in [9.17, 15) is 18.4 Å². The summed E-state index contributed by atoms with van der Waals surface area (Å²) in [6, 6.07) is 10.8. The van der Waals surface area contributed by atoms with Gasteiger partial charge in [-0.3, -0.25) is 9.59 Å². The smallest absolute Gasteiger partial charge is 0.286 e.